The summed E-state index contributed by atoms with van der Waals surface area (Å²) in [5.74, 6) is -0.333. The number of aromatic nitrogens is 3. The lowest BCUT2D eigenvalue weighted by atomic mass is 10.00. The third kappa shape index (κ3) is 5.28. The standard InChI is InChI=1S/C25H25N5O4/c1-16(31)21-8-4-5-9-23(21)34-25(26)22-15-30(29-27-22)20(14-24(32)28-33)13-17-10-11-18-6-2-3-7-19(18)12-17/h2-12,15,20,25,33H,13-14,26H2,1H3,(H,28,32). The van der Waals surface area contributed by atoms with Gasteiger partial charge in [0.2, 0.25) is 5.91 Å². The Morgan fingerprint density at radius 1 is 1.09 bits per heavy atom. The van der Waals surface area contributed by atoms with Crippen molar-refractivity contribution in [1.82, 2.24) is 20.5 Å². The normalized spacial score (nSPS) is 12.8. The number of Topliss-reactive ketones (excluding diaryl/α,β-unsaturated/α-hetero) is 1. The van der Waals surface area contributed by atoms with E-state index in [0.717, 1.165) is 16.3 Å². The van der Waals surface area contributed by atoms with Crippen molar-refractivity contribution in [3.63, 3.8) is 0 Å². The first-order chi connectivity index (χ1) is 16.4. The fourth-order valence-electron chi connectivity index (χ4n) is 3.81. The van der Waals surface area contributed by atoms with Crippen LogP contribution in [0, 0.1) is 0 Å². The van der Waals surface area contributed by atoms with E-state index in [4.69, 9.17) is 15.7 Å². The first-order valence-electron chi connectivity index (χ1n) is 10.8. The highest BCUT2D eigenvalue weighted by Gasteiger charge is 2.21. The number of hydrogen-bond donors (Lipinski definition) is 3. The van der Waals surface area contributed by atoms with Gasteiger partial charge in [-0.3, -0.25) is 20.5 Å². The zero-order chi connectivity index (χ0) is 24.1. The molecule has 9 nitrogen and oxygen atoms in total. The van der Waals surface area contributed by atoms with Gasteiger partial charge < -0.3 is 4.74 Å². The molecule has 0 radical (unpaired) electrons. The molecule has 4 rings (SSSR count). The summed E-state index contributed by atoms with van der Waals surface area (Å²) in [7, 11) is 0. The molecule has 2 atom stereocenters. The van der Waals surface area contributed by atoms with E-state index < -0.39 is 18.2 Å². The number of amides is 1. The molecule has 174 valence electrons. The summed E-state index contributed by atoms with van der Waals surface area (Å²) < 4.78 is 7.32. The fourth-order valence-corrected chi connectivity index (χ4v) is 3.81. The number of ketones is 1. The number of ether oxygens (including phenoxy) is 1. The summed E-state index contributed by atoms with van der Waals surface area (Å²) in [6.45, 7) is 1.45. The van der Waals surface area contributed by atoms with Crippen molar-refractivity contribution in [1.29, 1.82) is 0 Å². The molecule has 0 aliphatic rings. The Morgan fingerprint density at radius 3 is 2.59 bits per heavy atom. The Kier molecular flexibility index (Phi) is 6.95. The lowest BCUT2D eigenvalue weighted by Crippen LogP contribution is -2.25. The number of fused-ring (bicyclic) bond motifs is 1. The van der Waals surface area contributed by atoms with E-state index >= 15 is 0 Å². The lowest BCUT2D eigenvalue weighted by molar-refractivity contribution is -0.130. The van der Waals surface area contributed by atoms with Crippen LogP contribution in [0.15, 0.2) is 72.9 Å². The SMILES string of the molecule is CC(=O)c1ccccc1OC(N)c1cn(C(CC(=O)NO)Cc2ccc3ccccc3c2)nn1. The highest BCUT2D eigenvalue weighted by atomic mass is 16.5. The molecule has 34 heavy (non-hydrogen) atoms. The molecular formula is C25H25N5O4. The van der Waals surface area contributed by atoms with Crippen LogP contribution in [0.1, 0.15) is 47.2 Å². The number of carbonyl (C=O) groups excluding carboxylic acids is 2. The van der Waals surface area contributed by atoms with Gasteiger partial charge in [0.1, 0.15) is 11.4 Å². The van der Waals surface area contributed by atoms with Gasteiger partial charge in [-0.1, -0.05) is 59.8 Å². The van der Waals surface area contributed by atoms with Gasteiger partial charge in [-0.05, 0) is 41.8 Å². The van der Waals surface area contributed by atoms with Crippen molar-refractivity contribution in [3.05, 3.63) is 89.7 Å². The molecule has 0 aliphatic carbocycles. The maximum atomic E-state index is 12.0. The van der Waals surface area contributed by atoms with Crippen LogP contribution in [0.5, 0.6) is 5.75 Å². The van der Waals surface area contributed by atoms with Gasteiger partial charge in [-0.2, -0.15) is 0 Å². The zero-order valence-corrected chi connectivity index (χ0v) is 18.6. The smallest absolute Gasteiger partial charge is 0.245 e. The second kappa shape index (κ2) is 10.2. The summed E-state index contributed by atoms with van der Waals surface area (Å²) in [5.41, 5.74) is 9.62. The van der Waals surface area contributed by atoms with Gasteiger partial charge in [-0.15, -0.1) is 5.10 Å². The van der Waals surface area contributed by atoms with E-state index in [-0.39, 0.29) is 12.2 Å². The predicted molar refractivity (Wildman–Crippen MR) is 125 cm³/mol. The van der Waals surface area contributed by atoms with Crippen LogP contribution >= 0.6 is 0 Å². The molecule has 0 saturated heterocycles. The number of carbonyl (C=O) groups is 2. The maximum absolute atomic E-state index is 12.0. The summed E-state index contributed by atoms with van der Waals surface area (Å²) in [6, 6.07) is 20.5. The summed E-state index contributed by atoms with van der Waals surface area (Å²) in [4.78, 5) is 23.8. The van der Waals surface area contributed by atoms with Crippen LogP contribution in [0.4, 0.5) is 0 Å². The van der Waals surface area contributed by atoms with Crippen LogP contribution in [0.25, 0.3) is 10.8 Å². The molecule has 2 unspecified atom stereocenters. The average molecular weight is 460 g/mol. The predicted octanol–water partition coefficient (Wildman–Crippen LogP) is 3.35. The van der Waals surface area contributed by atoms with Crippen molar-refractivity contribution in [2.24, 2.45) is 5.73 Å². The first kappa shape index (κ1) is 23.1. The Morgan fingerprint density at radius 2 is 1.82 bits per heavy atom. The van der Waals surface area contributed by atoms with Gasteiger partial charge in [0.25, 0.3) is 0 Å². The van der Waals surface area contributed by atoms with Gasteiger partial charge >= 0.3 is 0 Å². The molecule has 0 saturated carbocycles. The number of hydrogen-bond acceptors (Lipinski definition) is 7. The minimum Gasteiger partial charge on any atom is -0.469 e. The van der Waals surface area contributed by atoms with Gasteiger partial charge in [0.05, 0.1) is 24.2 Å². The minimum absolute atomic E-state index is 0.0185. The van der Waals surface area contributed by atoms with E-state index in [1.807, 2.05) is 36.4 Å². The number of para-hydroxylation sites is 1. The van der Waals surface area contributed by atoms with Crippen molar-refractivity contribution in [2.75, 3.05) is 0 Å². The highest BCUT2D eigenvalue weighted by Crippen LogP contribution is 2.25. The number of nitrogens with two attached hydrogens (primary N) is 1. The Balaban J connectivity index is 1.56. The molecule has 0 spiro atoms. The van der Waals surface area contributed by atoms with Crippen molar-refractivity contribution >= 4 is 22.5 Å². The Hall–Kier alpha value is -4.08. The molecule has 4 aromatic rings. The molecule has 1 aromatic heterocycles. The molecule has 4 N–H and O–H groups in total. The van der Waals surface area contributed by atoms with Gasteiger partial charge in [-0.25, -0.2) is 10.2 Å². The second-order valence-electron chi connectivity index (χ2n) is 7.99. The van der Waals surface area contributed by atoms with E-state index in [9.17, 15) is 9.59 Å². The molecule has 3 aromatic carbocycles. The van der Waals surface area contributed by atoms with Gasteiger partial charge in [0, 0.05) is 0 Å². The van der Waals surface area contributed by atoms with Crippen LogP contribution in [0.2, 0.25) is 0 Å². The molecule has 0 fully saturated rings. The number of benzene rings is 3. The first-order valence-corrected chi connectivity index (χ1v) is 10.8. The fraction of sp³-hybridized carbons (Fsp3) is 0.200. The largest absolute Gasteiger partial charge is 0.469 e. The van der Waals surface area contributed by atoms with E-state index in [1.165, 1.54) is 6.92 Å². The van der Waals surface area contributed by atoms with E-state index in [1.54, 1.807) is 40.6 Å². The Bertz CT molecular complexity index is 1320. The van der Waals surface area contributed by atoms with Crippen molar-refractivity contribution < 1.29 is 19.5 Å². The number of rotatable bonds is 9. The number of hydroxylamine groups is 1. The zero-order valence-electron chi connectivity index (χ0n) is 18.6. The third-order valence-corrected chi connectivity index (χ3v) is 5.54. The van der Waals surface area contributed by atoms with Gasteiger partial charge in [0.15, 0.2) is 12.0 Å². The third-order valence-electron chi connectivity index (χ3n) is 5.54. The monoisotopic (exact) mass is 459 g/mol. The van der Waals surface area contributed by atoms with E-state index in [2.05, 4.69) is 16.4 Å². The second-order valence-corrected chi connectivity index (χ2v) is 7.99. The van der Waals surface area contributed by atoms with Crippen LogP contribution in [-0.2, 0) is 11.2 Å². The topological polar surface area (TPSA) is 132 Å². The van der Waals surface area contributed by atoms with Crippen LogP contribution in [-0.4, -0.2) is 31.9 Å². The average Bonchev–Trinajstić information content (AvgIpc) is 3.34. The quantitative estimate of drug-likeness (QED) is 0.151. The Labute approximate surface area is 196 Å². The van der Waals surface area contributed by atoms with Crippen LogP contribution in [0.3, 0.4) is 0 Å². The van der Waals surface area contributed by atoms with E-state index in [0.29, 0.717) is 23.4 Å². The number of nitrogens with one attached hydrogen (secondary N) is 1. The molecular weight excluding hydrogens is 434 g/mol. The van der Waals surface area contributed by atoms with Crippen molar-refractivity contribution in [2.45, 2.75) is 32.0 Å². The number of nitrogens with zero attached hydrogens (tertiary/aromatic N) is 3. The molecule has 0 bridgehead atoms. The maximum Gasteiger partial charge on any atom is 0.245 e. The van der Waals surface area contributed by atoms with Crippen LogP contribution < -0.4 is 16.0 Å². The molecule has 1 heterocycles. The molecule has 1 amide bonds. The summed E-state index contributed by atoms with van der Waals surface area (Å²) in [6.07, 6.45) is 1.10. The highest BCUT2D eigenvalue weighted by molar-refractivity contribution is 5.96. The molecule has 0 aliphatic heterocycles. The van der Waals surface area contributed by atoms with Crippen molar-refractivity contribution in [3.8, 4) is 5.75 Å². The summed E-state index contributed by atoms with van der Waals surface area (Å²) in [5, 5.41) is 19.5. The summed E-state index contributed by atoms with van der Waals surface area (Å²) >= 11 is 0. The molecule has 9 heteroatoms. The lowest BCUT2D eigenvalue weighted by Gasteiger charge is -2.17. The minimum atomic E-state index is -0.970.